The van der Waals surface area contributed by atoms with Gasteiger partial charge >= 0.3 is 0 Å². The average molecular weight is 186 g/mol. The topological polar surface area (TPSA) is 91.0 Å². The number of nitrogens with two attached hydrogens (primary N) is 1. The molecule has 0 aromatic rings. The van der Waals surface area contributed by atoms with Crippen LogP contribution in [0.1, 0.15) is 33.1 Å². The summed E-state index contributed by atoms with van der Waals surface area (Å²) in [6.07, 6.45) is 2.65. The minimum atomic E-state index is -0.250. The molecule has 0 spiro atoms. The van der Waals surface area contributed by atoms with Gasteiger partial charge in [0.15, 0.2) is 0 Å². The highest BCUT2D eigenvalue weighted by molar-refractivity contribution is 5.82. The Morgan fingerprint density at radius 3 is 2.46 bits per heavy atom. The number of guanidine groups is 1. The number of carbonyl (C=O) groups is 1. The van der Waals surface area contributed by atoms with E-state index < -0.39 is 0 Å². The third-order valence-corrected chi connectivity index (χ3v) is 1.82. The first-order valence-corrected chi connectivity index (χ1v) is 4.51. The Bertz CT molecular complexity index is 181. The third-order valence-electron chi connectivity index (χ3n) is 1.82. The van der Waals surface area contributed by atoms with E-state index in [0.717, 1.165) is 19.3 Å². The van der Waals surface area contributed by atoms with E-state index in [1.165, 1.54) is 0 Å². The minimum Gasteiger partial charge on any atom is -0.369 e. The van der Waals surface area contributed by atoms with Crippen LogP contribution in [-0.4, -0.2) is 11.9 Å². The van der Waals surface area contributed by atoms with Crippen LogP contribution in [0.15, 0.2) is 0 Å². The molecule has 0 aliphatic rings. The van der Waals surface area contributed by atoms with Crippen molar-refractivity contribution >= 4 is 11.9 Å². The quantitative estimate of drug-likeness (QED) is 0.289. The monoisotopic (exact) mass is 186 g/mol. The molecule has 76 valence electrons. The van der Waals surface area contributed by atoms with Crippen LogP contribution in [0, 0.1) is 11.3 Å². The van der Waals surface area contributed by atoms with Gasteiger partial charge in [0.2, 0.25) is 11.9 Å². The molecular formula is C8H18N4O. The molecule has 0 saturated heterocycles. The lowest BCUT2D eigenvalue weighted by molar-refractivity contribution is -0.125. The highest BCUT2D eigenvalue weighted by Crippen LogP contribution is 2.09. The number of rotatable bonds is 4. The first-order chi connectivity index (χ1) is 6.11. The molecule has 0 aliphatic heterocycles. The molecule has 0 aliphatic carbocycles. The fourth-order valence-corrected chi connectivity index (χ4v) is 1.10. The van der Waals surface area contributed by atoms with Crippen LogP contribution in [0.3, 0.4) is 0 Å². The fraction of sp³-hybridized carbons (Fsp3) is 0.750. The van der Waals surface area contributed by atoms with Gasteiger partial charge in [0.1, 0.15) is 0 Å². The highest BCUT2D eigenvalue weighted by atomic mass is 16.2. The molecule has 5 heteroatoms. The van der Waals surface area contributed by atoms with Crippen LogP contribution < -0.4 is 16.6 Å². The molecule has 5 N–H and O–H groups in total. The summed E-state index contributed by atoms with van der Waals surface area (Å²) in [6, 6.07) is 0. The van der Waals surface area contributed by atoms with Gasteiger partial charge in [-0.15, -0.1) is 0 Å². The molecule has 0 radical (unpaired) electrons. The number of carbonyl (C=O) groups excluding carboxylic acids is 1. The number of amides is 1. The molecule has 0 rings (SSSR count). The largest absolute Gasteiger partial charge is 0.369 e. The molecule has 1 atom stereocenters. The van der Waals surface area contributed by atoms with Gasteiger partial charge in [0.25, 0.3) is 0 Å². The second-order valence-corrected chi connectivity index (χ2v) is 2.92. The summed E-state index contributed by atoms with van der Waals surface area (Å²) >= 11 is 0. The first kappa shape index (κ1) is 11.7. The van der Waals surface area contributed by atoms with Crippen LogP contribution in [0.5, 0.6) is 0 Å². The smallest absolute Gasteiger partial charge is 0.241 e. The van der Waals surface area contributed by atoms with Gasteiger partial charge in [-0.3, -0.25) is 21.1 Å². The SMILES string of the molecule is CCCC(CC)C(=O)NNC(=N)N. The number of hydrazine groups is 1. The first-order valence-electron chi connectivity index (χ1n) is 4.51. The second-order valence-electron chi connectivity index (χ2n) is 2.92. The van der Waals surface area contributed by atoms with Crippen LogP contribution >= 0.6 is 0 Å². The maximum atomic E-state index is 11.3. The summed E-state index contributed by atoms with van der Waals surface area (Å²) in [5.41, 5.74) is 9.67. The molecule has 1 amide bonds. The Labute approximate surface area is 78.6 Å². The lowest BCUT2D eigenvalue weighted by atomic mass is 10.0. The van der Waals surface area contributed by atoms with Crippen molar-refractivity contribution in [3.63, 3.8) is 0 Å². The number of hydrogen-bond donors (Lipinski definition) is 4. The lowest BCUT2D eigenvalue weighted by Gasteiger charge is -2.13. The standard InChI is InChI=1S/C8H18N4O/c1-3-5-6(4-2)7(13)11-12-8(9)10/h6H,3-5H2,1-2H3,(H,11,13)(H4,9,10,12). The van der Waals surface area contributed by atoms with Gasteiger partial charge in [-0.1, -0.05) is 20.3 Å². The predicted octanol–water partition coefficient (Wildman–Crippen LogP) is 0.327. The maximum absolute atomic E-state index is 11.3. The van der Waals surface area contributed by atoms with Crippen LogP contribution in [0.4, 0.5) is 0 Å². The Morgan fingerprint density at radius 1 is 1.46 bits per heavy atom. The molecule has 0 aromatic heterocycles. The molecule has 0 aromatic carbocycles. The molecule has 0 fully saturated rings. The number of hydrogen-bond acceptors (Lipinski definition) is 2. The van der Waals surface area contributed by atoms with E-state index in [4.69, 9.17) is 11.1 Å². The van der Waals surface area contributed by atoms with Gasteiger partial charge in [-0.05, 0) is 12.8 Å². The van der Waals surface area contributed by atoms with Gasteiger partial charge in [0.05, 0.1) is 0 Å². The van der Waals surface area contributed by atoms with E-state index >= 15 is 0 Å². The minimum absolute atomic E-state index is 0.0110. The Hall–Kier alpha value is -1.26. The molecule has 0 saturated carbocycles. The van der Waals surface area contributed by atoms with Crippen LogP contribution in [-0.2, 0) is 4.79 Å². The molecule has 13 heavy (non-hydrogen) atoms. The van der Waals surface area contributed by atoms with Crippen molar-refractivity contribution in [1.29, 1.82) is 5.41 Å². The van der Waals surface area contributed by atoms with E-state index in [1.54, 1.807) is 0 Å². The van der Waals surface area contributed by atoms with E-state index in [9.17, 15) is 4.79 Å². The molecule has 0 bridgehead atoms. The Kier molecular flexibility index (Phi) is 5.67. The van der Waals surface area contributed by atoms with Crippen molar-refractivity contribution in [2.24, 2.45) is 11.7 Å². The van der Waals surface area contributed by atoms with Crippen molar-refractivity contribution in [1.82, 2.24) is 10.9 Å². The fourth-order valence-electron chi connectivity index (χ4n) is 1.10. The van der Waals surface area contributed by atoms with Crippen LogP contribution in [0.2, 0.25) is 0 Å². The van der Waals surface area contributed by atoms with Crippen molar-refractivity contribution < 1.29 is 4.79 Å². The average Bonchev–Trinajstić information content (AvgIpc) is 2.10. The summed E-state index contributed by atoms with van der Waals surface area (Å²) < 4.78 is 0. The predicted molar refractivity (Wildman–Crippen MR) is 51.9 cm³/mol. The zero-order valence-corrected chi connectivity index (χ0v) is 8.18. The van der Waals surface area contributed by atoms with Crippen molar-refractivity contribution in [2.75, 3.05) is 0 Å². The van der Waals surface area contributed by atoms with E-state index in [1.807, 2.05) is 13.8 Å². The summed E-state index contributed by atoms with van der Waals surface area (Å²) in [4.78, 5) is 11.3. The van der Waals surface area contributed by atoms with Gasteiger partial charge in [-0.25, -0.2) is 0 Å². The zero-order valence-electron chi connectivity index (χ0n) is 8.18. The summed E-state index contributed by atoms with van der Waals surface area (Å²) in [5.74, 6) is -0.337. The van der Waals surface area contributed by atoms with E-state index in [0.29, 0.717) is 0 Å². The Balaban J connectivity index is 3.84. The molecule has 1 unspecified atom stereocenters. The Morgan fingerprint density at radius 2 is 2.08 bits per heavy atom. The van der Waals surface area contributed by atoms with Gasteiger partial charge in [-0.2, -0.15) is 0 Å². The lowest BCUT2D eigenvalue weighted by Crippen LogP contribution is -2.47. The number of nitrogens with one attached hydrogen (secondary N) is 3. The summed E-state index contributed by atoms with van der Waals surface area (Å²) in [6.45, 7) is 4.00. The molecular weight excluding hydrogens is 168 g/mol. The molecule has 0 heterocycles. The molecule has 5 nitrogen and oxygen atoms in total. The summed E-state index contributed by atoms with van der Waals surface area (Å²) in [7, 11) is 0. The normalized spacial score (nSPS) is 11.8. The summed E-state index contributed by atoms with van der Waals surface area (Å²) in [5, 5.41) is 6.84. The van der Waals surface area contributed by atoms with Crippen molar-refractivity contribution in [3.05, 3.63) is 0 Å². The highest BCUT2D eigenvalue weighted by Gasteiger charge is 2.14. The van der Waals surface area contributed by atoms with E-state index in [-0.39, 0.29) is 17.8 Å². The van der Waals surface area contributed by atoms with Gasteiger partial charge in [0, 0.05) is 5.92 Å². The van der Waals surface area contributed by atoms with Crippen molar-refractivity contribution in [3.8, 4) is 0 Å². The maximum Gasteiger partial charge on any atom is 0.241 e. The van der Waals surface area contributed by atoms with Gasteiger partial charge < -0.3 is 5.73 Å². The zero-order chi connectivity index (χ0) is 10.3. The van der Waals surface area contributed by atoms with Crippen LogP contribution in [0.25, 0.3) is 0 Å². The second kappa shape index (κ2) is 6.28. The third kappa shape index (κ3) is 5.05. The van der Waals surface area contributed by atoms with Crippen molar-refractivity contribution in [2.45, 2.75) is 33.1 Å². The van der Waals surface area contributed by atoms with E-state index in [2.05, 4.69) is 10.9 Å².